The van der Waals surface area contributed by atoms with Gasteiger partial charge in [-0.2, -0.15) is 0 Å². The van der Waals surface area contributed by atoms with Crippen molar-refractivity contribution < 1.29 is 0 Å². The molecule has 0 aliphatic rings. The van der Waals surface area contributed by atoms with E-state index in [4.69, 9.17) is 10.7 Å². The first kappa shape index (κ1) is 27.6. The molecule has 0 radical (unpaired) electrons. The predicted molar refractivity (Wildman–Crippen MR) is 170 cm³/mol. The number of fused-ring (bicyclic) bond motifs is 1. The number of allylic oxidation sites excluding steroid dienone is 6. The van der Waals surface area contributed by atoms with Gasteiger partial charge in [-0.1, -0.05) is 52.3 Å². The lowest BCUT2D eigenvalue weighted by Crippen LogP contribution is -2.14. The highest BCUT2D eigenvalue weighted by atomic mass is 32.1. The third-order valence-corrected chi connectivity index (χ3v) is 7.81. The van der Waals surface area contributed by atoms with Gasteiger partial charge in [-0.3, -0.25) is 4.98 Å². The number of hydrogen-bond acceptors (Lipinski definition) is 5. The molecule has 0 spiro atoms. The van der Waals surface area contributed by atoms with Crippen molar-refractivity contribution in [3.63, 3.8) is 0 Å². The van der Waals surface area contributed by atoms with Crippen molar-refractivity contribution in [3.05, 3.63) is 120 Å². The molecule has 6 heteroatoms. The Hall–Kier alpha value is -4.42. The van der Waals surface area contributed by atoms with Gasteiger partial charge < -0.3 is 16.0 Å². The smallest absolute Gasteiger partial charge is 0.138 e. The maximum atomic E-state index is 6.45. The first-order valence-electron chi connectivity index (χ1n) is 12.8. The molecule has 0 aliphatic carbocycles. The van der Waals surface area contributed by atoms with E-state index in [1.807, 2.05) is 38.2 Å². The Morgan fingerprint density at radius 3 is 2.54 bits per heavy atom. The molecule has 39 heavy (non-hydrogen) atoms. The third kappa shape index (κ3) is 5.86. The molecule has 0 saturated heterocycles. The van der Waals surface area contributed by atoms with Gasteiger partial charge in [0.1, 0.15) is 11.3 Å². The van der Waals surface area contributed by atoms with Crippen molar-refractivity contribution in [1.29, 1.82) is 0 Å². The van der Waals surface area contributed by atoms with Crippen LogP contribution in [-0.2, 0) is 0 Å². The number of nitrogen functional groups attached to an aromatic ring is 1. The molecule has 0 atom stereocenters. The predicted octanol–water partition coefficient (Wildman–Crippen LogP) is 8.60. The Labute approximate surface area is 234 Å². The SMILES string of the molecule is C=C/C(=C\C(=C/C)c1ccc(N)c(C(=C)c2nc3c(-c4ccc(C(=C)C)s4)cncc3[nH]2)c1)NC(=C)C(C)C. The fourth-order valence-electron chi connectivity index (χ4n) is 4.07. The molecule has 198 valence electrons. The fraction of sp³-hybridized carbons (Fsp3) is 0.152. The average molecular weight is 534 g/mol. The van der Waals surface area contributed by atoms with Gasteiger partial charge in [-0.15, -0.1) is 11.3 Å². The molecule has 0 saturated carbocycles. The zero-order valence-corrected chi connectivity index (χ0v) is 23.9. The van der Waals surface area contributed by atoms with Crippen LogP contribution in [0, 0.1) is 5.92 Å². The summed E-state index contributed by atoms with van der Waals surface area (Å²) in [7, 11) is 0. The minimum Gasteiger partial charge on any atom is -0.398 e. The second-order valence-corrected chi connectivity index (χ2v) is 10.8. The molecule has 4 aromatic rings. The summed E-state index contributed by atoms with van der Waals surface area (Å²) in [5.74, 6) is 0.959. The number of aromatic amines is 1. The second-order valence-electron chi connectivity index (χ2n) is 9.75. The summed E-state index contributed by atoms with van der Waals surface area (Å²) < 4.78 is 0. The van der Waals surface area contributed by atoms with Gasteiger partial charge in [0.2, 0.25) is 0 Å². The number of rotatable bonds is 10. The van der Waals surface area contributed by atoms with E-state index >= 15 is 0 Å². The Morgan fingerprint density at radius 2 is 1.90 bits per heavy atom. The van der Waals surface area contributed by atoms with Crippen LogP contribution in [0.1, 0.15) is 49.5 Å². The van der Waals surface area contributed by atoms with Crippen molar-refractivity contribution in [3.8, 4) is 10.4 Å². The van der Waals surface area contributed by atoms with E-state index in [0.29, 0.717) is 23.0 Å². The van der Waals surface area contributed by atoms with Crippen LogP contribution in [0.2, 0.25) is 0 Å². The summed E-state index contributed by atoms with van der Waals surface area (Å²) in [6.07, 6.45) is 9.54. The lowest BCUT2D eigenvalue weighted by Gasteiger charge is -2.15. The van der Waals surface area contributed by atoms with Crippen LogP contribution in [0.4, 0.5) is 5.69 Å². The van der Waals surface area contributed by atoms with Crippen molar-refractivity contribution >= 4 is 44.8 Å². The van der Waals surface area contributed by atoms with Gasteiger partial charge in [-0.05, 0) is 72.9 Å². The summed E-state index contributed by atoms with van der Waals surface area (Å²) in [4.78, 5) is 15.0. The molecule has 0 fully saturated rings. The molecule has 3 heterocycles. The summed E-state index contributed by atoms with van der Waals surface area (Å²) in [5, 5.41) is 3.36. The van der Waals surface area contributed by atoms with Gasteiger partial charge in [-0.25, -0.2) is 4.98 Å². The molecule has 0 bridgehead atoms. The van der Waals surface area contributed by atoms with E-state index in [0.717, 1.165) is 60.0 Å². The highest BCUT2D eigenvalue weighted by Crippen LogP contribution is 2.36. The zero-order valence-electron chi connectivity index (χ0n) is 23.1. The summed E-state index contributed by atoms with van der Waals surface area (Å²) in [5.41, 5.74) is 16.1. The number of H-pyrrole nitrogens is 1. The molecule has 4 rings (SSSR count). The lowest BCUT2D eigenvalue weighted by molar-refractivity contribution is 0.710. The second kappa shape index (κ2) is 11.5. The maximum absolute atomic E-state index is 6.45. The number of thiophene rings is 1. The summed E-state index contributed by atoms with van der Waals surface area (Å²) >= 11 is 1.68. The molecule has 3 aromatic heterocycles. The van der Waals surface area contributed by atoms with Crippen LogP contribution in [0.15, 0.2) is 98.7 Å². The number of nitrogens with one attached hydrogen (secondary N) is 2. The van der Waals surface area contributed by atoms with Crippen LogP contribution >= 0.6 is 11.3 Å². The number of aromatic nitrogens is 3. The van der Waals surface area contributed by atoms with Gasteiger partial charge >= 0.3 is 0 Å². The molecule has 1 aromatic carbocycles. The number of anilines is 1. The van der Waals surface area contributed by atoms with E-state index < -0.39 is 0 Å². The molecule has 0 amide bonds. The monoisotopic (exact) mass is 533 g/mol. The standard InChI is InChI=1S/C33H35N5S/c1-9-23(15-25(10-2)36-22(8)19(3)4)24-11-12-28(34)26(16-24)21(7)33-37-29-18-35-17-27(32(29)38-33)31-14-13-30(39-31)20(5)6/h9-19,36H,2,5,7-8,34H2,1,3-4,6H3,(H,37,38)/b23-9+,25-15+. The topological polar surface area (TPSA) is 79.6 Å². The Kier molecular flexibility index (Phi) is 8.17. The third-order valence-electron chi connectivity index (χ3n) is 6.53. The van der Waals surface area contributed by atoms with Crippen LogP contribution in [0.3, 0.4) is 0 Å². The largest absolute Gasteiger partial charge is 0.398 e. The highest BCUT2D eigenvalue weighted by molar-refractivity contribution is 7.16. The van der Waals surface area contributed by atoms with E-state index in [1.165, 1.54) is 0 Å². The van der Waals surface area contributed by atoms with E-state index in [2.05, 4.69) is 79.7 Å². The molecule has 0 aliphatic heterocycles. The van der Waals surface area contributed by atoms with Crippen molar-refractivity contribution in [2.24, 2.45) is 5.92 Å². The van der Waals surface area contributed by atoms with Crippen LogP contribution < -0.4 is 11.1 Å². The first-order valence-corrected chi connectivity index (χ1v) is 13.6. The van der Waals surface area contributed by atoms with Gasteiger partial charge in [0.05, 0.1) is 11.7 Å². The molecular weight excluding hydrogens is 498 g/mol. The maximum Gasteiger partial charge on any atom is 0.138 e. The average Bonchev–Trinajstić information content (AvgIpc) is 3.59. The summed E-state index contributed by atoms with van der Waals surface area (Å²) in [6.45, 7) is 24.7. The number of benzene rings is 1. The Bertz CT molecular complexity index is 1660. The minimum absolute atomic E-state index is 0.307. The fourth-order valence-corrected chi connectivity index (χ4v) is 5.01. The van der Waals surface area contributed by atoms with Crippen molar-refractivity contribution in [2.75, 3.05) is 5.73 Å². The zero-order chi connectivity index (χ0) is 28.3. The first-order chi connectivity index (χ1) is 18.6. The number of nitrogens with zero attached hydrogens (tertiary/aromatic N) is 2. The number of nitrogens with two attached hydrogens (primary N) is 1. The molecular formula is C33H35N5S. The highest BCUT2D eigenvalue weighted by Gasteiger charge is 2.16. The van der Waals surface area contributed by atoms with Crippen LogP contribution in [0.25, 0.3) is 38.2 Å². The Balaban J connectivity index is 1.70. The van der Waals surface area contributed by atoms with Gasteiger partial charge in [0.15, 0.2) is 0 Å². The normalized spacial score (nSPS) is 12.1. The Morgan fingerprint density at radius 1 is 1.13 bits per heavy atom. The van der Waals surface area contributed by atoms with Crippen molar-refractivity contribution in [2.45, 2.75) is 27.7 Å². The minimum atomic E-state index is 0.307. The molecule has 0 unspecified atom stereocenters. The van der Waals surface area contributed by atoms with Crippen molar-refractivity contribution in [1.82, 2.24) is 20.3 Å². The number of imidazole rings is 1. The van der Waals surface area contributed by atoms with Gasteiger partial charge in [0.25, 0.3) is 0 Å². The van der Waals surface area contributed by atoms with Gasteiger partial charge in [0, 0.05) is 49.7 Å². The van der Waals surface area contributed by atoms with E-state index in [9.17, 15) is 0 Å². The van der Waals surface area contributed by atoms with Crippen LogP contribution in [-0.4, -0.2) is 15.0 Å². The number of pyridine rings is 1. The number of hydrogen-bond donors (Lipinski definition) is 3. The summed E-state index contributed by atoms with van der Waals surface area (Å²) in [6, 6.07) is 10.1. The van der Waals surface area contributed by atoms with Crippen LogP contribution in [0.5, 0.6) is 0 Å². The quantitative estimate of drug-likeness (QED) is 0.141. The molecule has 5 nitrogen and oxygen atoms in total. The van der Waals surface area contributed by atoms with E-state index in [-0.39, 0.29) is 0 Å². The molecule has 4 N–H and O–H groups in total. The lowest BCUT2D eigenvalue weighted by atomic mass is 9.97. The van der Waals surface area contributed by atoms with E-state index in [1.54, 1.807) is 23.6 Å².